The van der Waals surface area contributed by atoms with E-state index in [0.29, 0.717) is 23.2 Å². The maximum Gasteiger partial charge on any atom is 0.273 e. The molecule has 1 aromatic heterocycles. The van der Waals surface area contributed by atoms with Gasteiger partial charge in [0.15, 0.2) is 5.69 Å². The average molecular weight is 293 g/mol. The van der Waals surface area contributed by atoms with Gasteiger partial charge in [0, 0.05) is 6.54 Å². The van der Waals surface area contributed by atoms with Crippen molar-refractivity contribution in [3.05, 3.63) is 41.2 Å². The first-order valence-electron chi connectivity index (χ1n) is 6.53. The van der Waals surface area contributed by atoms with E-state index in [1.54, 1.807) is 12.3 Å². The van der Waals surface area contributed by atoms with Crippen molar-refractivity contribution in [3.63, 3.8) is 0 Å². The Labute approximate surface area is 122 Å². The predicted octanol–water partition coefficient (Wildman–Crippen LogP) is 2.70. The third-order valence-electron chi connectivity index (χ3n) is 2.83. The van der Waals surface area contributed by atoms with Crippen molar-refractivity contribution >= 4 is 17.5 Å². The Hall–Kier alpha value is -1.88. The molecule has 0 radical (unpaired) electrons. The van der Waals surface area contributed by atoms with Crippen LogP contribution in [0.15, 0.2) is 30.5 Å². The van der Waals surface area contributed by atoms with Crippen LogP contribution in [0.2, 0.25) is 5.02 Å². The van der Waals surface area contributed by atoms with Gasteiger partial charge >= 0.3 is 0 Å². The number of benzene rings is 1. The molecule has 0 unspecified atom stereocenters. The van der Waals surface area contributed by atoms with Crippen molar-refractivity contribution in [2.24, 2.45) is 5.92 Å². The minimum Gasteiger partial charge on any atom is -0.351 e. The third kappa shape index (κ3) is 3.57. The lowest BCUT2D eigenvalue weighted by atomic mass is 10.1. The number of para-hydroxylation sites is 1. The van der Waals surface area contributed by atoms with Crippen molar-refractivity contribution in [1.82, 2.24) is 20.3 Å². The van der Waals surface area contributed by atoms with Crippen molar-refractivity contribution in [3.8, 4) is 5.69 Å². The Balaban J connectivity index is 2.06. The van der Waals surface area contributed by atoms with Crippen LogP contribution in [0.25, 0.3) is 5.69 Å². The SMILES string of the molecule is CC(C)CCNC(=O)c1cn(-c2ccccc2Cl)nn1. The van der Waals surface area contributed by atoms with E-state index in [9.17, 15) is 4.79 Å². The van der Waals surface area contributed by atoms with E-state index in [-0.39, 0.29) is 11.6 Å². The van der Waals surface area contributed by atoms with Crippen LogP contribution < -0.4 is 5.32 Å². The second kappa shape index (κ2) is 6.52. The van der Waals surface area contributed by atoms with Gasteiger partial charge in [-0.2, -0.15) is 0 Å². The lowest BCUT2D eigenvalue weighted by Gasteiger charge is -2.05. The summed E-state index contributed by atoms with van der Waals surface area (Å²) in [6.07, 6.45) is 2.51. The summed E-state index contributed by atoms with van der Waals surface area (Å²) in [6, 6.07) is 7.27. The molecule has 0 aliphatic carbocycles. The van der Waals surface area contributed by atoms with Crippen molar-refractivity contribution in [2.75, 3.05) is 6.54 Å². The first kappa shape index (κ1) is 14.5. The zero-order chi connectivity index (χ0) is 14.5. The Bertz CT molecular complexity index is 594. The molecule has 5 nitrogen and oxygen atoms in total. The number of hydrogen-bond acceptors (Lipinski definition) is 3. The van der Waals surface area contributed by atoms with Gasteiger partial charge in [0.05, 0.1) is 16.9 Å². The normalized spacial score (nSPS) is 10.8. The zero-order valence-electron chi connectivity index (χ0n) is 11.5. The largest absolute Gasteiger partial charge is 0.351 e. The third-order valence-corrected chi connectivity index (χ3v) is 3.15. The molecule has 1 aromatic carbocycles. The molecule has 2 rings (SSSR count). The van der Waals surface area contributed by atoms with Crippen LogP contribution in [0.5, 0.6) is 0 Å². The van der Waals surface area contributed by atoms with E-state index in [2.05, 4.69) is 29.5 Å². The summed E-state index contributed by atoms with van der Waals surface area (Å²) in [5.74, 6) is 0.332. The van der Waals surface area contributed by atoms with Crippen LogP contribution in [0.4, 0.5) is 0 Å². The fraction of sp³-hybridized carbons (Fsp3) is 0.357. The summed E-state index contributed by atoms with van der Waals surface area (Å²) in [6.45, 7) is 4.86. The smallest absolute Gasteiger partial charge is 0.273 e. The van der Waals surface area contributed by atoms with Crippen LogP contribution in [-0.2, 0) is 0 Å². The Morgan fingerprint density at radius 3 is 2.85 bits per heavy atom. The summed E-state index contributed by atoms with van der Waals surface area (Å²) < 4.78 is 1.50. The molecule has 20 heavy (non-hydrogen) atoms. The summed E-state index contributed by atoms with van der Waals surface area (Å²) in [5.41, 5.74) is 0.983. The highest BCUT2D eigenvalue weighted by molar-refractivity contribution is 6.32. The molecule has 0 spiro atoms. The molecule has 0 fully saturated rings. The van der Waals surface area contributed by atoms with Crippen LogP contribution in [-0.4, -0.2) is 27.4 Å². The minimum atomic E-state index is -0.219. The van der Waals surface area contributed by atoms with Crippen LogP contribution >= 0.6 is 11.6 Å². The van der Waals surface area contributed by atoms with E-state index >= 15 is 0 Å². The van der Waals surface area contributed by atoms with Gasteiger partial charge in [0.2, 0.25) is 0 Å². The van der Waals surface area contributed by atoms with Crippen LogP contribution in [0, 0.1) is 5.92 Å². The molecule has 0 aliphatic heterocycles. The van der Waals surface area contributed by atoms with E-state index in [1.165, 1.54) is 4.68 Å². The summed E-state index contributed by atoms with van der Waals surface area (Å²) in [7, 11) is 0. The lowest BCUT2D eigenvalue weighted by molar-refractivity contribution is 0.0947. The summed E-state index contributed by atoms with van der Waals surface area (Å²) in [5, 5.41) is 11.2. The highest BCUT2D eigenvalue weighted by atomic mass is 35.5. The number of rotatable bonds is 5. The highest BCUT2D eigenvalue weighted by Gasteiger charge is 2.12. The number of carbonyl (C=O) groups is 1. The second-order valence-corrected chi connectivity index (χ2v) is 5.35. The maximum absolute atomic E-state index is 11.9. The van der Waals surface area contributed by atoms with Gasteiger partial charge in [-0.3, -0.25) is 4.79 Å². The second-order valence-electron chi connectivity index (χ2n) is 4.94. The molecule has 2 aromatic rings. The number of aromatic nitrogens is 3. The van der Waals surface area contributed by atoms with Gasteiger partial charge in [0.1, 0.15) is 0 Å². The molecule has 0 saturated heterocycles. The minimum absolute atomic E-state index is 0.219. The topological polar surface area (TPSA) is 59.8 Å². The molecule has 0 bridgehead atoms. The van der Waals surface area contributed by atoms with Gasteiger partial charge in [-0.05, 0) is 24.5 Å². The predicted molar refractivity (Wildman–Crippen MR) is 78.2 cm³/mol. The highest BCUT2D eigenvalue weighted by Crippen LogP contribution is 2.18. The monoisotopic (exact) mass is 292 g/mol. The summed E-state index contributed by atoms with van der Waals surface area (Å²) in [4.78, 5) is 11.9. The summed E-state index contributed by atoms with van der Waals surface area (Å²) >= 11 is 6.08. The average Bonchev–Trinajstić information content (AvgIpc) is 2.88. The quantitative estimate of drug-likeness (QED) is 0.922. The molecule has 1 N–H and O–H groups in total. The fourth-order valence-corrected chi connectivity index (χ4v) is 1.91. The van der Waals surface area contributed by atoms with Crippen molar-refractivity contribution in [2.45, 2.75) is 20.3 Å². The molecular formula is C14H17ClN4O. The lowest BCUT2D eigenvalue weighted by Crippen LogP contribution is -2.25. The van der Waals surface area contributed by atoms with Crippen LogP contribution in [0.1, 0.15) is 30.8 Å². The zero-order valence-corrected chi connectivity index (χ0v) is 12.3. The van der Waals surface area contributed by atoms with E-state index in [4.69, 9.17) is 11.6 Å². The number of carbonyl (C=O) groups excluding carboxylic acids is 1. The van der Waals surface area contributed by atoms with Crippen molar-refractivity contribution in [1.29, 1.82) is 0 Å². The fourth-order valence-electron chi connectivity index (χ4n) is 1.69. The van der Waals surface area contributed by atoms with E-state index in [0.717, 1.165) is 6.42 Å². The van der Waals surface area contributed by atoms with Crippen LogP contribution in [0.3, 0.4) is 0 Å². The first-order valence-corrected chi connectivity index (χ1v) is 6.91. The van der Waals surface area contributed by atoms with Gasteiger partial charge < -0.3 is 5.32 Å². The number of nitrogens with zero attached hydrogens (tertiary/aromatic N) is 3. The molecule has 1 amide bonds. The molecule has 1 heterocycles. The Kier molecular flexibility index (Phi) is 4.74. The standard InChI is InChI=1S/C14H17ClN4O/c1-10(2)7-8-16-14(20)12-9-19(18-17-12)13-6-4-3-5-11(13)15/h3-6,9-10H,7-8H2,1-2H3,(H,16,20). The Morgan fingerprint density at radius 1 is 1.40 bits per heavy atom. The van der Waals surface area contributed by atoms with Gasteiger partial charge in [-0.15, -0.1) is 5.10 Å². The molecular weight excluding hydrogens is 276 g/mol. The first-order chi connectivity index (χ1) is 9.58. The number of hydrogen-bond donors (Lipinski definition) is 1. The molecule has 0 atom stereocenters. The molecule has 0 saturated carbocycles. The Morgan fingerprint density at radius 2 is 2.15 bits per heavy atom. The molecule has 0 aliphatic rings. The number of nitrogens with one attached hydrogen (secondary N) is 1. The number of halogens is 1. The van der Waals surface area contributed by atoms with Crippen molar-refractivity contribution < 1.29 is 4.79 Å². The molecule has 6 heteroatoms. The van der Waals surface area contributed by atoms with Gasteiger partial charge in [-0.1, -0.05) is 42.8 Å². The molecule has 106 valence electrons. The number of amides is 1. The van der Waals surface area contributed by atoms with E-state index in [1.807, 2.05) is 18.2 Å². The van der Waals surface area contributed by atoms with Gasteiger partial charge in [0.25, 0.3) is 5.91 Å². The maximum atomic E-state index is 11.9. The van der Waals surface area contributed by atoms with Gasteiger partial charge in [-0.25, -0.2) is 4.68 Å². The van der Waals surface area contributed by atoms with E-state index < -0.39 is 0 Å².